The molecule has 0 saturated carbocycles. The third-order valence-corrected chi connectivity index (χ3v) is 2.28. The van der Waals surface area contributed by atoms with Gasteiger partial charge >= 0.3 is 6.03 Å². The Labute approximate surface area is 108 Å². The zero-order valence-electron chi connectivity index (χ0n) is 10.0. The van der Waals surface area contributed by atoms with Gasteiger partial charge in [0.15, 0.2) is 5.82 Å². The van der Waals surface area contributed by atoms with E-state index < -0.39 is 6.03 Å². The van der Waals surface area contributed by atoms with Crippen molar-refractivity contribution >= 4 is 17.5 Å². The van der Waals surface area contributed by atoms with E-state index >= 15 is 0 Å². The number of hydrogen-bond donors (Lipinski definition) is 2. The lowest BCUT2D eigenvalue weighted by Crippen LogP contribution is -2.20. The average molecular weight is 259 g/mol. The summed E-state index contributed by atoms with van der Waals surface area (Å²) in [5.41, 5.74) is 0.699. The number of urea groups is 1. The van der Waals surface area contributed by atoms with Gasteiger partial charge in [-0.3, -0.25) is 10.00 Å². The number of nitriles is 1. The number of nitrogens with zero attached hydrogens (tertiary/aromatic N) is 3. The number of carbonyl (C=O) groups is 1. The maximum absolute atomic E-state index is 12.7. The molecule has 0 unspecified atom stereocenters. The minimum Gasteiger partial charge on any atom is -0.308 e. The van der Waals surface area contributed by atoms with Gasteiger partial charge in [0, 0.05) is 18.9 Å². The Bertz CT molecular complexity index is 641. The largest absolute Gasteiger partial charge is 0.324 e. The molecule has 6 nitrogen and oxygen atoms in total. The monoisotopic (exact) mass is 259 g/mol. The Hall–Kier alpha value is -2.88. The van der Waals surface area contributed by atoms with Crippen LogP contribution in [0.25, 0.3) is 0 Å². The molecule has 0 radical (unpaired) electrons. The Kier molecular flexibility index (Phi) is 3.43. The SMILES string of the molecule is Cn1cc(C#N)c(NC(=O)Nc2ccc(F)cc2)n1. The fourth-order valence-corrected chi connectivity index (χ4v) is 1.47. The lowest BCUT2D eigenvalue weighted by atomic mass is 10.3. The van der Waals surface area contributed by atoms with Gasteiger partial charge in [-0.15, -0.1) is 0 Å². The number of benzene rings is 1. The van der Waals surface area contributed by atoms with Crippen LogP contribution in [0.2, 0.25) is 0 Å². The second-order valence-corrected chi connectivity index (χ2v) is 3.76. The number of rotatable bonds is 2. The molecule has 0 bridgehead atoms. The van der Waals surface area contributed by atoms with Crippen molar-refractivity contribution in [3.8, 4) is 6.07 Å². The minimum absolute atomic E-state index is 0.171. The molecule has 2 amide bonds. The van der Waals surface area contributed by atoms with Crippen LogP contribution in [0, 0.1) is 17.1 Å². The van der Waals surface area contributed by atoms with Gasteiger partial charge < -0.3 is 5.32 Å². The summed E-state index contributed by atoms with van der Waals surface area (Å²) < 4.78 is 14.1. The number of carbonyl (C=O) groups excluding carboxylic acids is 1. The molecule has 7 heteroatoms. The quantitative estimate of drug-likeness (QED) is 0.866. The molecule has 0 aliphatic rings. The molecule has 1 aromatic carbocycles. The molecule has 0 fully saturated rings. The van der Waals surface area contributed by atoms with Crippen molar-refractivity contribution in [1.29, 1.82) is 5.26 Å². The van der Waals surface area contributed by atoms with E-state index in [1.165, 1.54) is 35.1 Å². The number of amides is 2. The minimum atomic E-state index is -0.554. The summed E-state index contributed by atoms with van der Waals surface area (Å²) in [6.07, 6.45) is 1.49. The van der Waals surface area contributed by atoms with E-state index in [1.54, 1.807) is 7.05 Å². The summed E-state index contributed by atoms with van der Waals surface area (Å²) in [6, 6.07) is 6.69. The summed E-state index contributed by atoms with van der Waals surface area (Å²) in [6.45, 7) is 0. The predicted octanol–water partition coefficient (Wildman–Crippen LogP) is 2.07. The highest BCUT2D eigenvalue weighted by Crippen LogP contribution is 2.12. The molecule has 19 heavy (non-hydrogen) atoms. The summed E-state index contributed by atoms with van der Waals surface area (Å²) in [7, 11) is 1.64. The molecule has 2 N–H and O–H groups in total. The number of nitrogens with one attached hydrogen (secondary N) is 2. The molecule has 96 valence electrons. The highest BCUT2D eigenvalue weighted by molar-refractivity contribution is 5.99. The molecule has 0 aliphatic heterocycles. The van der Waals surface area contributed by atoms with Gasteiger partial charge in [0.25, 0.3) is 0 Å². The molecule has 0 saturated heterocycles. The zero-order chi connectivity index (χ0) is 13.8. The molecule has 1 aromatic heterocycles. The van der Waals surface area contributed by atoms with Crippen molar-refractivity contribution in [2.24, 2.45) is 7.05 Å². The first-order chi connectivity index (χ1) is 9.08. The number of aryl methyl sites for hydroxylation is 1. The average Bonchev–Trinajstić information content (AvgIpc) is 2.72. The van der Waals surface area contributed by atoms with Crippen LogP contribution < -0.4 is 10.6 Å². The van der Waals surface area contributed by atoms with Crippen LogP contribution in [-0.4, -0.2) is 15.8 Å². The fraction of sp³-hybridized carbons (Fsp3) is 0.0833. The van der Waals surface area contributed by atoms with Gasteiger partial charge in [-0.2, -0.15) is 10.4 Å². The van der Waals surface area contributed by atoms with E-state index in [0.29, 0.717) is 5.69 Å². The van der Waals surface area contributed by atoms with Gasteiger partial charge in [-0.25, -0.2) is 9.18 Å². The molecule has 1 heterocycles. The highest BCUT2D eigenvalue weighted by Gasteiger charge is 2.10. The standard InChI is InChI=1S/C12H10FN5O/c1-18-7-8(6-14)11(17-18)16-12(19)15-10-4-2-9(13)3-5-10/h2-5,7H,1H3,(H2,15,16,17,19). The Morgan fingerprint density at radius 1 is 1.37 bits per heavy atom. The first kappa shape index (κ1) is 12.6. The number of anilines is 2. The van der Waals surface area contributed by atoms with Gasteiger partial charge in [0.05, 0.1) is 0 Å². The molecule has 2 rings (SSSR count). The number of hydrogen-bond acceptors (Lipinski definition) is 3. The van der Waals surface area contributed by atoms with Crippen molar-refractivity contribution in [3.05, 3.63) is 41.8 Å². The maximum Gasteiger partial charge on any atom is 0.324 e. The van der Waals surface area contributed by atoms with Crippen molar-refractivity contribution in [3.63, 3.8) is 0 Å². The van der Waals surface area contributed by atoms with Gasteiger partial charge in [-0.05, 0) is 24.3 Å². The fourth-order valence-electron chi connectivity index (χ4n) is 1.47. The van der Waals surface area contributed by atoms with Crippen LogP contribution >= 0.6 is 0 Å². The Morgan fingerprint density at radius 2 is 2.05 bits per heavy atom. The summed E-state index contributed by atoms with van der Waals surface area (Å²) in [4.78, 5) is 11.7. The normalized spacial score (nSPS) is 9.74. The molecule has 0 aliphatic carbocycles. The van der Waals surface area contributed by atoms with E-state index in [2.05, 4.69) is 15.7 Å². The van der Waals surface area contributed by atoms with Gasteiger partial charge in [0.1, 0.15) is 17.4 Å². The molecule has 0 atom stereocenters. The second-order valence-electron chi connectivity index (χ2n) is 3.76. The van der Waals surface area contributed by atoms with Crippen LogP contribution in [0.4, 0.5) is 20.7 Å². The van der Waals surface area contributed by atoms with Gasteiger partial charge in [0.2, 0.25) is 0 Å². The van der Waals surface area contributed by atoms with E-state index in [0.717, 1.165) is 0 Å². The molecule has 2 aromatic rings. The van der Waals surface area contributed by atoms with Crippen LogP contribution in [-0.2, 0) is 7.05 Å². The topological polar surface area (TPSA) is 82.7 Å². The first-order valence-corrected chi connectivity index (χ1v) is 5.36. The highest BCUT2D eigenvalue weighted by atomic mass is 19.1. The smallest absolute Gasteiger partial charge is 0.308 e. The number of aromatic nitrogens is 2. The Morgan fingerprint density at radius 3 is 2.68 bits per heavy atom. The van der Waals surface area contributed by atoms with Crippen molar-refractivity contribution < 1.29 is 9.18 Å². The van der Waals surface area contributed by atoms with Crippen LogP contribution in [0.3, 0.4) is 0 Å². The van der Waals surface area contributed by atoms with Crippen molar-refractivity contribution in [2.45, 2.75) is 0 Å². The van der Waals surface area contributed by atoms with Gasteiger partial charge in [-0.1, -0.05) is 0 Å². The van der Waals surface area contributed by atoms with E-state index in [9.17, 15) is 9.18 Å². The lowest BCUT2D eigenvalue weighted by Gasteiger charge is -2.05. The van der Waals surface area contributed by atoms with Crippen LogP contribution in [0.1, 0.15) is 5.56 Å². The van der Waals surface area contributed by atoms with Crippen LogP contribution in [0.15, 0.2) is 30.5 Å². The maximum atomic E-state index is 12.7. The van der Waals surface area contributed by atoms with E-state index in [4.69, 9.17) is 5.26 Å². The third kappa shape index (κ3) is 3.07. The third-order valence-electron chi connectivity index (χ3n) is 2.28. The summed E-state index contributed by atoms with van der Waals surface area (Å²) >= 11 is 0. The molecular formula is C12H10FN5O. The van der Waals surface area contributed by atoms with E-state index in [-0.39, 0.29) is 17.2 Å². The van der Waals surface area contributed by atoms with Crippen molar-refractivity contribution in [1.82, 2.24) is 9.78 Å². The lowest BCUT2D eigenvalue weighted by molar-refractivity contribution is 0.262. The first-order valence-electron chi connectivity index (χ1n) is 5.36. The molecular weight excluding hydrogens is 249 g/mol. The zero-order valence-corrected chi connectivity index (χ0v) is 10.0. The second kappa shape index (κ2) is 5.18. The van der Waals surface area contributed by atoms with Crippen molar-refractivity contribution in [2.75, 3.05) is 10.6 Å². The summed E-state index contributed by atoms with van der Waals surface area (Å²) in [5, 5.41) is 17.7. The predicted molar refractivity (Wildman–Crippen MR) is 67.0 cm³/mol. The molecule has 0 spiro atoms. The van der Waals surface area contributed by atoms with Crippen LogP contribution in [0.5, 0.6) is 0 Å². The van der Waals surface area contributed by atoms with E-state index in [1.807, 2.05) is 6.07 Å². The summed E-state index contributed by atoms with van der Waals surface area (Å²) in [5.74, 6) is -0.216. The Balaban J connectivity index is 2.05. The number of halogens is 1.